The van der Waals surface area contributed by atoms with Gasteiger partial charge in [-0.05, 0) is 46.3 Å². The Bertz CT molecular complexity index is 687. The Morgan fingerprint density at radius 3 is 2.64 bits per heavy atom. The van der Waals surface area contributed by atoms with Gasteiger partial charge in [0, 0.05) is 5.69 Å². The molecule has 0 radical (unpaired) electrons. The molecule has 0 saturated carbocycles. The van der Waals surface area contributed by atoms with Crippen molar-refractivity contribution in [3.8, 4) is 5.75 Å². The zero-order chi connectivity index (χ0) is 15.9. The first-order chi connectivity index (χ1) is 10.6. The number of rotatable bonds is 5. The molecule has 5 nitrogen and oxygen atoms in total. The van der Waals surface area contributed by atoms with E-state index in [1.807, 2.05) is 18.2 Å². The molecule has 0 aliphatic rings. The van der Waals surface area contributed by atoms with Crippen molar-refractivity contribution in [2.45, 2.75) is 0 Å². The lowest BCUT2D eigenvalue weighted by Gasteiger charge is -2.09. The largest absolute Gasteiger partial charge is 0.483 e. The van der Waals surface area contributed by atoms with Gasteiger partial charge in [-0.3, -0.25) is 4.79 Å². The highest BCUT2D eigenvalue weighted by Crippen LogP contribution is 2.23. The Morgan fingerprint density at radius 2 is 1.91 bits per heavy atom. The lowest BCUT2D eigenvalue weighted by atomic mass is 10.2. The number of para-hydroxylation sites is 1. The molecule has 0 aliphatic carbocycles. The number of carbonyl (C=O) groups is 2. The molecule has 0 aliphatic heterocycles. The SMILES string of the molecule is COC(=O)c1cccc(NC(=O)COc2ccccc2Br)c1. The maximum atomic E-state index is 11.9. The normalized spacial score (nSPS) is 9.91. The average molecular weight is 364 g/mol. The number of anilines is 1. The van der Waals surface area contributed by atoms with E-state index >= 15 is 0 Å². The van der Waals surface area contributed by atoms with Crippen LogP contribution in [0.5, 0.6) is 5.75 Å². The Balaban J connectivity index is 1.95. The molecule has 2 aromatic rings. The second-order valence-corrected chi connectivity index (χ2v) is 5.19. The Kier molecular flexibility index (Phi) is 5.55. The topological polar surface area (TPSA) is 64.6 Å². The summed E-state index contributed by atoms with van der Waals surface area (Å²) in [5.41, 5.74) is 0.871. The van der Waals surface area contributed by atoms with Crippen LogP contribution in [-0.4, -0.2) is 25.6 Å². The minimum atomic E-state index is -0.458. The van der Waals surface area contributed by atoms with Crippen LogP contribution in [0.1, 0.15) is 10.4 Å². The third-order valence-electron chi connectivity index (χ3n) is 2.76. The molecule has 1 N–H and O–H groups in total. The maximum Gasteiger partial charge on any atom is 0.337 e. The Hall–Kier alpha value is -2.34. The van der Waals surface area contributed by atoms with Crippen molar-refractivity contribution in [2.24, 2.45) is 0 Å². The van der Waals surface area contributed by atoms with E-state index < -0.39 is 5.97 Å². The summed E-state index contributed by atoms with van der Waals surface area (Å²) in [6, 6.07) is 13.8. The third kappa shape index (κ3) is 4.33. The van der Waals surface area contributed by atoms with Crippen molar-refractivity contribution in [1.82, 2.24) is 0 Å². The van der Waals surface area contributed by atoms with Crippen LogP contribution < -0.4 is 10.1 Å². The molecule has 2 aromatic carbocycles. The molecule has 22 heavy (non-hydrogen) atoms. The quantitative estimate of drug-likeness (QED) is 0.828. The van der Waals surface area contributed by atoms with E-state index in [0.717, 1.165) is 4.47 Å². The summed E-state index contributed by atoms with van der Waals surface area (Å²) in [4.78, 5) is 23.3. The third-order valence-corrected chi connectivity index (χ3v) is 3.42. The zero-order valence-corrected chi connectivity index (χ0v) is 13.4. The number of esters is 1. The van der Waals surface area contributed by atoms with Gasteiger partial charge in [0.15, 0.2) is 6.61 Å². The van der Waals surface area contributed by atoms with Crippen LogP contribution in [0.2, 0.25) is 0 Å². The lowest BCUT2D eigenvalue weighted by molar-refractivity contribution is -0.118. The molecule has 0 spiro atoms. The highest BCUT2D eigenvalue weighted by atomic mass is 79.9. The van der Waals surface area contributed by atoms with Gasteiger partial charge in [-0.15, -0.1) is 0 Å². The van der Waals surface area contributed by atoms with Crippen LogP contribution in [0.3, 0.4) is 0 Å². The van der Waals surface area contributed by atoms with Gasteiger partial charge in [-0.2, -0.15) is 0 Å². The zero-order valence-electron chi connectivity index (χ0n) is 11.8. The summed E-state index contributed by atoms with van der Waals surface area (Å²) in [7, 11) is 1.30. The fourth-order valence-corrected chi connectivity index (χ4v) is 2.14. The average Bonchev–Trinajstić information content (AvgIpc) is 2.53. The van der Waals surface area contributed by atoms with Gasteiger partial charge in [0.25, 0.3) is 5.91 Å². The number of amides is 1. The van der Waals surface area contributed by atoms with Gasteiger partial charge in [-0.1, -0.05) is 18.2 Å². The van der Waals surface area contributed by atoms with Gasteiger partial charge in [0.05, 0.1) is 17.1 Å². The van der Waals surface area contributed by atoms with Crippen molar-refractivity contribution in [3.63, 3.8) is 0 Å². The number of ether oxygens (including phenoxy) is 2. The summed E-state index contributed by atoms with van der Waals surface area (Å²) < 4.78 is 10.8. The van der Waals surface area contributed by atoms with Crippen molar-refractivity contribution < 1.29 is 19.1 Å². The molecule has 114 valence electrons. The molecule has 0 fully saturated rings. The first kappa shape index (κ1) is 16.0. The number of hydrogen-bond donors (Lipinski definition) is 1. The van der Waals surface area contributed by atoms with Crippen LogP contribution in [0.25, 0.3) is 0 Å². The highest BCUT2D eigenvalue weighted by molar-refractivity contribution is 9.10. The van der Waals surface area contributed by atoms with Crippen molar-refractivity contribution in [2.75, 3.05) is 19.0 Å². The van der Waals surface area contributed by atoms with Crippen LogP contribution in [-0.2, 0) is 9.53 Å². The number of hydrogen-bond acceptors (Lipinski definition) is 4. The summed E-state index contributed by atoms with van der Waals surface area (Å²) >= 11 is 3.34. The standard InChI is InChI=1S/C16H14BrNO4/c1-21-16(20)11-5-4-6-12(9-11)18-15(19)10-22-14-8-3-2-7-13(14)17/h2-9H,10H2,1H3,(H,18,19). The number of methoxy groups -OCH3 is 1. The Labute approximate surface area is 136 Å². The van der Waals surface area contributed by atoms with Gasteiger partial charge >= 0.3 is 5.97 Å². The fourth-order valence-electron chi connectivity index (χ4n) is 1.74. The molecule has 6 heteroatoms. The highest BCUT2D eigenvalue weighted by Gasteiger charge is 2.09. The molecule has 0 aromatic heterocycles. The smallest absolute Gasteiger partial charge is 0.337 e. The summed E-state index contributed by atoms with van der Waals surface area (Å²) in [6.07, 6.45) is 0. The molecule has 0 unspecified atom stereocenters. The van der Waals surface area contributed by atoms with E-state index in [4.69, 9.17) is 4.74 Å². The molecule has 0 saturated heterocycles. The van der Waals surface area contributed by atoms with Gasteiger partial charge < -0.3 is 14.8 Å². The minimum Gasteiger partial charge on any atom is -0.483 e. The van der Waals surface area contributed by atoms with Crippen LogP contribution >= 0.6 is 15.9 Å². The predicted molar refractivity (Wildman–Crippen MR) is 86.0 cm³/mol. The van der Waals surface area contributed by atoms with E-state index in [1.165, 1.54) is 7.11 Å². The summed E-state index contributed by atoms with van der Waals surface area (Å²) in [6.45, 7) is -0.134. The first-order valence-corrected chi connectivity index (χ1v) is 7.25. The van der Waals surface area contributed by atoms with Crippen molar-refractivity contribution in [1.29, 1.82) is 0 Å². The fraction of sp³-hybridized carbons (Fsp3) is 0.125. The first-order valence-electron chi connectivity index (χ1n) is 6.45. The second-order valence-electron chi connectivity index (χ2n) is 4.34. The number of halogens is 1. The summed E-state index contributed by atoms with van der Waals surface area (Å²) in [5, 5.41) is 2.66. The second kappa shape index (κ2) is 7.61. The van der Waals surface area contributed by atoms with E-state index in [-0.39, 0.29) is 12.5 Å². The van der Waals surface area contributed by atoms with Gasteiger partial charge in [0.2, 0.25) is 0 Å². The number of carbonyl (C=O) groups excluding carboxylic acids is 2. The van der Waals surface area contributed by atoms with Crippen LogP contribution in [0.15, 0.2) is 53.0 Å². The predicted octanol–water partition coefficient (Wildman–Crippen LogP) is 3.25. The Morgan fingerprint density at radius 1 is 1.14 bits per heavy atom. The molecular weight excluding hydrogens is 350 g/mol. The van der Waals surface area contributed by atoms with E-state index in [9.17, 15) is 9.59 Å². The number of nitrogens with one attached hydrogen (secondary N) is 1. The van der Waals surface area contributed by atoms with Crippen molar-refractivity contribution >= 4 is 33.5 Å². The van der Waals surface area contributed by atoms with Gasteiger partial charge in [-0.25, -0.2) is 4.79 Å². The minimum absolute atomic E-state index is 0.134. The molecule has 0 heterocycles. The van der Waals surface area contributed by atoms with Crippen molar-refractivity contribution in [3.05, 3.63) is 58.6 Å². The molecule has 0 bridgehead atoms. The monoisotopic (exact) mass is 363 g/mol. The van der Waals surface area contributed by atoms with Gasteiger partial charge in [0.1, 0.15) is 5.75 Å². The van der Waals surface area contributed by atoms with E-state index in [1.54, 1.807) is 30.3 Å². The molecule has 1 amide bonds. The van der Waals surface area contributed by atoms with E-state index in [2.05, 4.69) is 26.0 Å². The summed E-state index contributed by atoms with van der Waals surface area (Å²) in [5.74, 6) is -0.195. The number of benzene rings is 2. The molecule has 0 atom stereocenters. The van der Waals surface area contributed by atoms with Crippen LogP contribution in [0.4, 0.5) is 5.69 Å². The van der Waals surface area contributed by atoms with Crippen LogP contribution in [0, 0.1) is 0 Å². The molecule has 2 rings (SSSR count). The maximum absolute atomic E-state index is 11.9. The molecular formula is C16H14BrNO4. The van der Waals surface area contributed by atoms with E-state index in [0.29, 0.717) is 17.0 Å². The lowest BCUT2D eigenvalue weighted by Crippen LogP contribution is -2.20.